The van der Waals surface area contributed by atoms with Gasteiger partial charge in [0.05, 0.1) is 32.8 Å². The van der Waals surface area contributed by atoms with Crippen molar-refractivity contribution in [2.75, 3.05) is 32.8 Å². The highest BCUT2D eigenvalue weighted by atomic mass is 16.5. The first-order chi connectivity index (χ1) is 12.8. The number of para-hydroxylation sites is 1. The summed E-state index contributed by atoms with van der Waals surface area (Å²) in [5, 5.41) is 0. The molecule has 0 aliphatic carbocycles. The smallest absolute Gasteiger partial charge is 0.246 e. The maximum Gasteiger partial charge on any atom is 0.246 e. The van der Waals surface area contributed by atoms with E-state index < -0.39 is 0 Å². The standard InChI is InChI=1S/C21H25N3O2/c1-2-26-20-6-4-3-5-19(20)7-8-21(25)24-15-13-23(14-16-24)17-18-9-11-22-12-10-18/h3-12H,2,13-17H2,1H3/p+1/b8-7+. The predicted octanol–water partition coefficient (Wildman–Crippen LogP) is 1.42. The van der Waals surface area contributed by atoms with Gasteiger partial charge in [0.2, 0.25) is 5.91 Å². The molecule has 0 radical (unpaired) electrons. The summed E-state index contributed by atoms with van der Waals surface area (Å²) in [5.74, 6) is 0.880. The Morgan fingerprint density at radius 2 is 1.92 bits per heavy atom. The molecule has 2 aromatic rings. The number of hydrogen-bond donors (Lipinski definition) is 1. The summed E-state index contributed by atoms with van der Waals surface area (Å²) in [7, 11) is 0. The molecule has 1 aromatic heterocycles. The van der Waals surface area contributed by atoms with Crippen LogP contribution in [-0.2, 0) is 11.3 Å². The molecular weight excluding hydrogens is 326 g/mol. The van der Waals surface area contributed by atoms with Gasteiger partial charge in [0, 0.05) is 29.6 Å². The summed E-state index contributed by atoms with van der Waals surface area (Å²) in [6, 6.07) is 11.9. The first kappa shape index (κ1) is 18.1. The number of hydrogen-bond acceptors (Lipinski definition) is 3. The number of nitrogens with one attached hydrogen (secondary N) is 1. The number of amides is 1. The number of quaternary nitrogens is 1. The number of benzene rings is 1. The lowest BCUT2D eigenvalue weighted by Gasteiger charge is -2.31. The van der Waals surface area contributed by atoms with Crippen LogP contribution in [0.25, 0.3) is 6.08 Å². The Kier molecular flexibility index (Phi) is 6.39. The zero-order valence-electron chi connectivity index (χ0n) is 15.2. The molecule has 0 spiro atoms. The molecule has 1 fully saturated rings. The third-order valence-electron chi connectivity index (χ3n) is 4.61. The van der Waals surface area contributed by atoms with E-state index in [9.17, 15) is 4.79 Å². The van der Waals surface area contributed by atoms with Crippen LogP contribution in [0.5, 0.6) is 5.75 Å². The second-order valence-corrected chi connectivity index (χ2v) is 6.41. The zero-order valence-corrected chi connectivity index (χ0v) is 15.2. The minimum atomic E-state index is 0.0688. The van der Waals surface area contributed by atoms with Crippen LogP contribution in [0.1, 0.15) is 18.1 Å². The molecule has 26 heavy (non-hydrogen) atoms. The molecule has 136 valence electrons. The van der Waals surface area contributed by atoms with Crippen molar-refractivity contribution in [3.05, 3.63) is 66.0 Å². The van der Waals surface area contributed by atoms with Gasteiger partial charge in [-0.1, -0.05) is 18.2 Å². The minimum absolute atomic E-state index is 0.0688. The number of pyridine rings is 1. The van der Waals surface area contributed by atoms with Crippen molar-refractivity contribution in [2.45, 2.75) is 13.5 Å². The van der Waals surface area contributed by atoms with Crippen molar-refractivity contribution in [3.8, 4) is 5.75 Å². The van der Waals surface area contributed by atoms with Crippen LogP contribution in [0.3, 0.4) is 0 Å². The Hall–Kier alpha value is -2.66. The molecule has 1 aliphatic rings. The summed E-state index contributed by atoms with van der Waals surface area (Å²) in [6.07, 6.45) is 7.17. The van der Waals surface area contributed by atoms with Gasteiger partial charge >= 0.3 is 0 Å². The van der Waals surface area contributed by atoms with E-state index in [-0.39, 0.29) is 5.91 Å². The highest BCUT2D eigenvalue weighted by Gasteiger charge is 2.22. The maximum absolute atomic E-state index is 12.5. The number of carbonyl (C=O) groups excluding carboxylic acids is 1. The fourth-order valence-corrected chi connectivity index (χ4v) is 3.18. The number of carbonyl (C=O) groups is 1. The Bertz CT molecular complexity index is 738. The molecule has 0 unspecified atom stereocenters. The molecular formula is C21H26N3O2+. The van der Waals surface area contributed by atoms with Gasteiger partial charge in [-0.25, -0.2) is 0 Å². The van der Waals surface area contributed by atoms with Crippen molar-refractivity contribution in [1.82, 2.24) is 9.88 Å². The van der Waals surface area contributed by atoms with E-state index in [1.165, 1.54) is 10.5 Å². The molecule has 0 atom stereocenters. The monoisotopic (exact) mass is 352 g/mol. The van der Waals surface area contributed by atoms with Crippen LogP contribution in [0.2, 0.25) is 0 Å². The van der Waals surface area contributed by atoms with Crippen LogP contribution in [-0.4, -0.2) is 48.6 Å². The highest BCUT2D eigenvalue weighted by molar-refractivity contribution is 5.92. The molecule has 1 aromatic carbocycles. The topological polar surface area (TPSA) is 46.9 Å². The summed E-state index contributed by atoms with van der Waals surface area (Å²) < 4.78 is 5.60. The third-order valence-corrected chi connectivity index (χ3v) is 4.61. The third kappa shape index (κ3) is 4.92. The van der Waals surface area contributed by atoms with Crippen LogP contribution in [0, 0.1) is 0 Å². The molecule has 5 nitrogen and oxygen atoms in total. The normalized spacial score (nSPS) is 15.3. The molecule has 2 heterocycles. The fraction of sp³-hybridized carbons (Fsp3) is 0.333. The number of piperazine rings is 1. The first-order valence-electron chi connectivity index (χ1n) is 9.17. The Labute approximate surface area is 154 Å². The molecule has 0 bridgehead atoms. The van der Waals surface area contributed by atoms with Crippen molar-refractivity contribution >= 4 is 12.0 Å². The Morgan fingerprint density at radius 3 is 2.65 bits per heavy atom. The molecule has 3 rings (SSSR count). The minimum Gasteiger partial charge on any atom is -0.493 e. The van der Waals surface area contributed by atoms with Gasteiger partial charge < -0.3 is 14.5 Å². The Balaban J connectivity index is 1.52. The fourth-order valence-electron chi connectivity index (χ4n) is 3.18. The van der Waals surface area contributed by atoms with Gasteiger partial charge in [-0.3, -0.25) is 9.78 Å². The van der Waals surface area contributed by atoms with Crippen molar-refractivity contribution < 1.29 is 14.4 Å². The molecule has 1 amide bonds. The summed E-state index contributed by atoms with van der Waals surface area (Å²) in [4.78, 5) is 20.0. The van der Waals surface area contributed by atoms with E-state index in [2.05, 4.69) is 17.1 Å². The van der Waals surface area contributed by atoms with Gasteiger partial charge in [0.1, 0.15) is 12.3 Å². The number of rotatable bonds is 6. The molecule has 1 saturated heterocycles. The van der Waals surface area contributed by atoms with E-state index in [4.69, 9.17) is 4.74 Å². The quantitative estimate of drug-likeness (QED) is 0.800. The van der Waals surface area contributed by atoms with E-state index >= 15 is 0 Å². The van der Waals surface area contributed by atoms with E-state index in [1.807, 2.05) is 54.6 Å². The summed E-state index contributed by atoms with van der Waals surface area (Å²) in [5.41, 5.74) is 2.23. The first-order valence-corrected chi connectivity index (χ1v) is 9.17. The lowest BCUT2D eigenvalue weighted by atomic mass is 10.2. The van der Waals surface area contributed by atoms with E-state index in [1.54, 1.807) is 6.08 Å². The van der Waals surface area contributed by atoms with Gasteiger partial charge in [-0.15, -0.1) is 0 Å². The Morgan fingerprint density at radius 1 is 1.19 bits per heavy atom. The lowest BCUT2D eigenvalue weighted by molar-refractivity contribution is -0.917. The maximum atomic E-state index is 12.5. The molecule has 0 saturated carbocycles. The van der Waals surface area contributed by atoms with E-state index in [0.717, 1.165) is 44.0 Å². The van der Waals surface area contributed by atoms with Crippen LogP contribution in [0.4, 0.5) is 0 Å². The highest BCUT2D eigenvalue weighted by Crippen LogP contribution is 2.19. The van der Waals surface area contributed by atoms with Crippen molar-refractivity contribution in [3.63, 3.8) is 0 Å². The second-order valence-electron chi connectivity index (χ2n) is 6.41. The molecule has 1 N–H and O–H groups in total. The van der Waals surface area contributed by atoms with Crippen molar-refractivity contribution in [1.29, 1.82) is 0 Å². The van der Waals surface area contributed by atoms with Crippen LogP contribution in [0.15, 0.2) is 54.9 Å². The zero-order chi connectivity index (χ0) is 18.2. The van der Waals surface area contributed by atoms with E-state index in [0.29, 0.717) is 6.61 Å². The lowest BCUT2D eigenvalue weighted by Crippen LogP contribution is -3.13. The number of aromatic nitrogens is 1. The van der Waals surface area contributed by atoms with Gasteiger partial charge in [-0.2, -0.15) is 0 Å². The van der Waals surface area contributed by atoms with Crippen molar-refractivity contribution in [2.24, 2.45) is 0 Å². The number of nitrogens with zero attached hydrogens (tertiary/aromatic N) is 2. The SMILES string of the molecule is CCOc1ccccc1/C=C/C(=O)N1CC[NH+](Cc2ccncc2)CC1. The molecule has 1 aliphatic heterocycles. The average molecular weight is 352 g/mol. The van der Waals surface area contributed by atoms with Gasteiger partial charge in [0.15, 0.2) is 0 Å². The summed E-state index contributed by atoms with van der Waals surface area (Å²) in [6.45, 7) is 7.07. The van der Waals surface area contributed by atoms with Gasteiger partial charge in [-0.05, 0) is 31.2 Å². The molecule has 5 heteroatoms. The predicted molar refractivity (Wildman–Crippen MR) is 102 cm³/mol. The average Bonchev–Trinajstić information content (AvgIpc) is 2.69. The van der Waals surface area contributed by atoms with Crippen LogP contribution < -0.4 is 9.64 Å². The van der Waals surface area contributed by atoms with Gasteiger partial charge in [0.25, 0.3) is 0 Å². The second kappa shape index (κ2) is 9.15. The largest absolute Gasteiger partial charge is 0.493 e. The number of ether oxygens (including phenoxy) is 1. The van der Waals surface area contributed by atoms with Crippen LogP contribution >= 0.6 is 0 Å². The summed E-state index contributed by atoms with van der Waals surface area (Å²) >= 11 is 0.